The fourth-order valence-corrected chi connectivity index (χ4v) is 5.30. The van der Waals surface area contributed by atoms with Crippen molar-refractivity contribution in [3.05, 3.63) is 68.9 Å². The number of aromatic carboxylic acids is 1. The van der Waals surface area contributed by atoms with Crippen LogP contribution in [0.15, 0.2) is 49.1 Å². The average Bonchev–Trinajstić information content (AvgIpc) is 3.50. The second-order valence-corrected chi connectivity index (χ2v) is 8.99. The topological polar surface area (TPSA) is 71.2 Å². The van der Waals surface area contributed by atoms with Crippen molar-refractivity contribution < 1.29 is 9.90 Å². The van der Waals surface area contributed by atoms with E-state index in [0.717, 1.165) is 41.2 Å². The number of rotatable bonds is 4. The molecule has 4 aromatic rings. The Morgan fingerprint density at radius 1 is 1.23 bits per heavy atom. The fourth-order valence-electron chi connectivity index (χ4n) is 3.95. The summed E-state index contributed by atoms with van der Waals surface area (Å²) in [6.45, 7) is 0.824. The molecule has 9 heteroatoms. The number of anilines is 1. The number of pyridine rings is 1. The first-order valence-corrected chi connectivity index (χ1v) is 11.0. The molecule has 1 aromatic carbocycles. The zero-order valence-electron chi connectivity index (χ0n) is 15.6. The van der Waals surface area contributed by atoms with Crippen molar-refractivity contribution in [3.8, 4) is 5.69 Å². The Labute approximate surface area is 186 Å². The highest BCUT2D eigenvalue weighted by Crippen LogP contribution is 2.41. The van der Waals surface area contributed by atoms with E-state index in [4.69, 9.17) is 28.2 Å². The van der Waals surface area contributed by atoms with Gasteiger partial charge in [0.25, 0.3) is 0 Å². The van der Waals surface area contributed by atoms with Gasteiger partial charge in [0.1, 0.15) is 10.7 Å². The van der Waals surface area contributed by atoms with Crippen molar-refractivity contribution >= 4 is 57.2 Å². The molecular weight excluding hydrogens is 443 g/mol. The highest BCUT2D eigenvalue weighted by Gasteiger charge is 2.30. The van der Waals surface area contributed by atoms with Crippen molar-refractivity contribution in [2.75, 3.05) is 11.4 Å². The molecule has 3 aromatic heterocycles. The third kappa shape index (κ3) is 3.23. The van der Waals surface area contributed by atoms with E-state index < -0.39 is 5.97 Å². The number of halogens is 2. The number of imidazole rings is 1. The van der Waals surface area contributed by atoms with Gasteiger partial charge in [-0.1, -0.05) is 23.2 Å². The molecule has 5 rings (SSSR count). The Hall–Kier alpha value is -2.61. The minimum atomic E-state index is -0.900. The van der Waals surface area contributed by atoms with Crippen molar-refractivity contribution in [2.24, 2.45) is 0 Å². The number of thiophene rings is 1. The first-order chi connectivity index (χ1) is 14.5. The van der Waals surface area contributed by atoms with Gasteiger partial charge < -0.3 is 14.6 Å². The van der Waals surface area contributed by atoms with Gasteiger partial charge in [0.2, 0.25) is 0 Å². The molecular formula is C21H16Cl2N4O2S. The zero-order valence-corrected chi connectivity index (χ0v) is 18.0. The molecule has 30 heavy (non-hydrogen) atoms. The highest BCUT2D eigenvalue weighted by atomic mass is 35.5. The Morgan fingerprint density at radius 2 is 2.10 bits per heavy atom. The monoisotopic (exact) mass is 458 g/mol. The molecule has 0 bridgehead atoms. The molecule has 1 fully saturated rings. The van der Waals surface area contributed by atoms with Crippen LogP contribution in [-0.2, 0) is 0 Å². The van der Waals surface area contributed by atoms with E-state index in [-0.39, 0.29) is 6.04 Å². The summed E-state index contributed by atoms with van der Waals surface area (Å²) in [5, 5.41) is 11.0. The van der Waals surface area contributed by atoms with Crippen LogP contribution in [0.25, 0.3) is 16.6 Å². The van der Waals surface area contributed by atoms with E-state index in [9.17, 15) is 9.90 Å². The van der Waals surface area contributed by atoms with E-state index in [1.54, 1.807) is 24.7 Å². The highest BCUT2D eigenvalue weighted by molar-refractivity contribution is 7.14. The molecule has 1 atom stereocenters. The molecule has 1 unspecified atom stereocenters. The predicted octanol–water partition coefficient (Wildman–Crippen LogP) is 5.83. The Kier molecular flexibility index (Phi) is 4.89. The molecule has 0 spiro atoms. The molecule has 0 saturated carbocycles. The SMILES string of the molecule is O=C(O)c1ccc(C2CCCN2c2cc(-n3ccnc3)c3ccc(Cl)c(Cl)c3n2)s1. The summed E-state index contributed by atoms with van der Waals surface area (Å²) in [5.74, 6) is -0.119. The van der Waals surface area contributed by atoms with Gasteiger partial charge in [-0.05, 0) is 37.1 Å². The molecule has 152 valence electrons. The fraction of sp³-hybridized carbons (Fsp3) is 0.190. The molecule has 0 radical (unpaired) electrons. The summed E-state index contributed by atoms with van der Waals surface area (Å²) in [6, 6.07) is 9.35. The molecule has 6 nitrogen and oxygen atoms in total. The number of hydrogen-bond acceptors (Lipinski definition) is 5. The van der Waals surface area contributed by atoms with E-state index in [0.29, 0.717) is 20.4 Å². The average molecular weight is 459 g/mol. The maximum Gasteiger partial charge on any atom is 0.345 e. The normalized spacial score (nSPS) is 16.5. The van der Waals surface area contributed by atoms with Gasteiger partial charge in [-0.15, -0.1) is 11.3 Å². The first-order valence-electron chi connectivity index (χ1n) is 9.39. The largest absolute Gasteiger partial charge is 0.477 e. The number of fused-ring (bicyclic) bond motifs is 1. The lowest BCUT2D eigenvalue weighted by molar-refractivity contribution is 0.0702. The van der Waals surface area contributed by atoms with Gasteiger partial charge in [-0.25, -0.2) is 14.8 Å². The zero-order chi connectivity index (χ0) is 20.8. The van der Waals surface area contributed by atoms with Crippen LogP contribution < -0.4 is 4.90 Å². The van der Waals surface area contributed by atoms with Crippen LogP contribution in [0.2, 0.25) is 10.0 Å². The van der Waals surface area contributed by atoms with Crippen molar-refractivity contribution in [1.82, 2.24) is 14.5 Å². The van der Waals surface area contributed by atoms with Crippen LogP contribution in [0.1, 0.15) is 33.4 Å². The third-order valence-corrected chi connectivity index (χ3v) is 7.30. The summed E-state index contributed by atoms with van der Waals surface area (Å²) < 4.78 is 1.93. The minimum absolute atomic E-state index is 0.0710. The van der Waals surface area contributed by atoms with E-state index in [1.807, 2.05) is 29.0 Å². The number of benzene rings is 1. The van der Waals surface area contributed by atoms with Crippen molar-refractivity contribution in [2.45, 2.75) is 18.9 Å². The Bertz CT molecular complexity index is 1260. The van der Waals surface area contributed by atoms with Gasteiger partial charge in [-0.3, -0.25) is 0 Å². The van der Waals surface area contributed by atoms with Gasteiger partial charge in [0, 0.05) is 35.3 Å². The lowest BCUT2D eigenvalue weighted by Gasteiger charge is -2.26. The molecule has 1 aliphatic heterocycles. The number of carbonyl (C=O) groups is 1. The molecule has 1 saturated heterocycles. The van der Waals surface area contributed by atoms with Gasteiger partial charge >= 0.3 is 5.97 Å². The second-order valence-electron chi connectivity index (χ2n) is 7.09. The van der Waals surface area contributed by atoms with Gasteiger partial charge in [0.05, 0.1) is 33.6 Å². The van der Waals surface area contributed by atoms with E-state index in [1.165, 1.54) is 11.3 Å². The lowest BCUT2D eigenvalue weighted by Crippen LogP contribution is -2.23. The third-order valence-electron chi connectivity index (χ3n) is 5.33. The number of carboxylic acid groups (broad SMARTS) is 1. The second kappa shape index (κ2) is 7.58. The molecule has 0 aliphatic carbocycles. The summed E-state index contributed by atoms with van der Waals surface area (Å²) in [5.41, 5.74) is 1.54. The molecule has 1 aliphatic rings. The lowest BCUT2D eigenvalue weighted by atomic mass is 10.1. The van der Waals surface area contributed by atoms with Crippen LogP contribution in [0.3, 0.4) is 0 Å². The van der Waals surface area contributed by atoms with Crippen LogP contribution in [0.5, 0.6) is 0 Å². The molecule has 4 heterocycles. The standard InChI is InChI=1S/C21H16Cl2N4O2S/c22-13-4-3-12-15(26-9-7-24-11-26)10-18(25-20(12)19(13)23)27-8-1-2-14(27)16-5-6-17(30-16)21(28)29/h3-7,9-11,14H,1-2,8H2,(H,28,29). The van der Waals surface area contributed by atoms with E-state index in [2.05, 4.69) is 9.88 Å². The van der Waals surface area contributed by atoms with Gasteiger partial charge in [-0.2, -0.15) is 0 Å². The number of carboxylic acids is 1. The van der Waals surface area contributed by atoms with Crippen LogP contribution in [-0.4, -0.2) is 32.2 Å². The number of nitrogens with zero attached hydrogens (tertiary/aromatic N) is 4. The minimum Gasteiger partial charge on any atom is -0.477 e. The molecule has 0 amide bonds. The number of aromatic nitrogens is 3. The first kappa shape index (κ1) is 19.4. The number of hydrogen-bond donors (Lipinski definition) is 1. The van der Waals surface area contributed by atoms with Crippen LogP contribution >= 0.6 is 34.5 Å². The molecule has 1 N–H and O–H groups in total. The quantitative estimate of drug-likeness (QED) is 0.416. The van der Waals surface area contributed by atoms with Crippen LogP contribution in [0, 0.1) is 0 Å². The summed E-state index contributed by atoms with van der Waals surface area (Å²) in [7, 11) is 0. The summed E-state index contributed by atoms with van der Waals surface area (Å²) in [4.78, 5) is 23.9. The van der Waals surface area contributed by atoms with Gasteiger partial charge in [0.15, 0.2) is 0 Å². The predicted molar refractivity (Wildman–Crippen MR) is 119 cm³/mol. The Morgan fingerprint density at radius 3 is 2.83 bits per heavy atom. The Balaban J connectivity index is 1.66. The van der Waals surface area contributed by atoms with E-state index >= 15 is 0 Å². The summed E-state index contributed by atoms with van der Waals surface area (Å²) in [6.07, 6.45) is 7.26. The smallest absolute Gasteiger partial charge is 0.345 e. The van der Waals surface area contributed by atoms with Crippen LogP contribution in [0.4, 0.5) is 5.82 Å². The summed E-state index contributed by atoms with van der Waals surface area (Å²) >= 11 is 14.1. The maximum atomic E-state index is 11.3. The van der Waals surface area contributed by atoms with Crippen molar-refractivity contribution in [1.29, 1.82) is 0 Å². The van der Waals surface area contributed by atoms with Crippen molar-refractivity contribution in [3.63, 3.8) is 0 Å². The maximum absolute atomic E-state index is 11.3.